The third kappa shape index (κ3) is 4.24. The summed E-state index contributed by atoms with van der Waals surface area (Å²) in [6.45, 7) is 3.86. The van der Waals surface area contributed by atoms with E-state index in [0.29, 0.717) is 34.5 Å². The summed E-state index contributed by atoms with van der Waals surface area (Å²) in [5.41, 5.74) is 9.43. The van der Waals surface area contributed by atoms with Crippen LogP contribution in [0.3, 0.4) is 0 Å². The fourth-order valence-electron chi connectivity index (χ4n) is 3.54. The maximum Gasteiger partial charge on any atom is 0.161 e. The summed E-state index contributed by atoms with van der Waals surface area (Å²) in [7, 11) is 0. The van der Waals surface area contributed by atoms with Crippen molar-refractivity contribution < 1.29 is 13.5 Å². The molecule has 2 heterocycles. The van der Waals surface area contributed by atoms with Gasteiger partial charge in [-0.2, -0.15) is 5.10 Å². The minimum atomic E-state index is -0.439. The summed E-state index contributed by atoms with van der Waals surface area (Å²) in [5.74, 6) is -0.349. The zero-order chi connectivity index (χ0) is 22.1. The number of pyridine rings is 1. The Kier molecular flexibility index (Phi) is 5.89. The molecule has 0 amide bonds. The molecule has 0 saturated heterocycles. The molecule has 1 atom stereocenters. The summed E-state index contributed by atoms with van der Waals surface area (Å²) >= 11 is 6.31. The Hall–Kier alpha value is -3.03. The molecular formula is C23H21ClF2N4O. The highest BCUT2D eigenvalue weighted by Crippen LogP contribution is 2.32. The van der Waals surface area contributed by atoms with Gasteiger partial charge >= 0.3 is 0 Å². The van der Waals surface area contributed by atoms with E-state index >= 15 is 0 Å². The number of hydrogen-bond donors (Lipinski definition) is 1. The van der Waals surface area contributed by atoms with Crippen LogP contribution in [0.2, 0.25) is 5.02 Å². The quantitative estimate of drug-likeness (QED) is 0.419. The average molecular weight is 443 g/mol. The van der Waals surface area contributed by atoms with Crippen molar-refractivity contribution in [1.82, 2.24) is 14.8 Å². The number of fused-ring (bicyclic) bond motifs is 1. The Morgan fingerprint density at radius 3 is 2.71 bits per heavy atom. The SMILES string of the molecule is CC[C@H](N)c1cc(F)cc(Cl)c1COc1cccc2c(-n3cc(F)cn3)cc(C)nc12. The third-order valence-electron chi connectivity index (χ3n) is 5.11. The fourth-order valence-corrected chi connectivity index (χ4v) is 3.81. The van der Waals surface area contributed by atoms with Crippen molar-refractivity contribution in [2.45, 2.75) is 32.9 Å². The Labute approximate surface area is 183 Å². The zero-order valence-corrected chi connectivity index (χ0v) is 17.8. The van der Waals surface area contributed by atoms with Crippen molar-refractivity contribution in [3.8, 4) is 11.4 Å². The molecule has 31 heavy (non-hydrogen) atoms. The van der Waals surface area contributed by atoms with E-state index in [0.717, 1.165) is 17.3 Å². The first-order valence-electron chi connectivity index (χ1n) is 9.84. The van der Waals surface area contributed by atoms with Crippen molar-refractivity contribution in [3.63, 3.8) is 0 Å². The lowest BCUT2D eigenvalue weighted by atomic mass is 9.99. The van der Waals surface area contributed by atoms with E-state index < -0.39 is 11.6 Å². The van der Waals surface area contributed by atoms with Crippen LogP contribution in [-0.4, -0.2) is 14.8 Å². The minimum Gasteiger partial charge on any atom is -0.487 e. The van der Waals surface area contributed by atoms with E-state index in [1.54, 1.807) is 6.07 Å². The second-order valence-electron chi connectivity index (χ2n) is 7.30. The van der Waals surface area contributed by atoms with Gasteiger partial charge in [0, 0.05) is 22.7 Å². The van der Waals surface area contributed by atoms with Gasteiger partial charge in [-0.25, -0.2) is 18.4 Å². The number of aryl methyl sites for hydroxylation is 1. The van der Waals surface area contributed by atoms with Gasteiger partial charge in [0.15, 0.2) is 5.82 Å². The molecule has 0 aliphatic carbocycles. The molecule has 4 aromatic rings. The molecule has 0 fully saturated rings. The summed E-state index contributed by atoms with van der Waals surface area (Å²) in [4.78, 5) is 4.61. The average Bonchev–Trinajstić information content (AvgIpc) is 3.17. The van der Waals surface area contributed by atoms with E-state index in [4.69, 9.17) is 22.1 Å². The highest BCUT2D eigenvalue weighted by molar-refractivity contribution is 6.31. The van der Waals surface area contributed by atoms with Gasteiger partial charge in [-0.15, -0.1) is 0 Å². The number of benzene rings is 2. The first kappa shape index (κ1) is 21.2. The first-order valence-corrected chi connectivity index (χ1v) is 10.2. The number of hydrogen-bond acceptors (Lipinski definition) is 4. The van der Waals surface area contributed by atoms with Crippen LogP contribution in [0.5, 0.6) is 5.75 Å². The molecule has 0 aliphatic rings. The van der Waals surface area contributed by atoms with Gasteiger partial charge in [0.2, 0.25) is 0 Å². The van der Waals surface area contributed by atoms with Crippen molar-refractivity contribution in [2.75, 3.05) is 0 Å². The number of ether oxygens (including phenoxy) is 1. The maximum atomic E-state index is 13.9. The lowest BCUT2D eigenvalue weighted by Gasteiger charge is -2.18. The third-order valence-corrected chi connectivity index (χ3v) is 5.45. The van der Waals surface area contributed by atoms with Crippen LogP contribution in [0, 0.1) is 18.6 Å². The predicted molar refractivity (Wildman–Crippen MR) is 117 cm³/mol. The number of halogens is 3. The lowest BCUT2D eigenvalue weighted by molar-refractivity contribution is 0.307. The van der Waals surface area contributed by atoms with Crippen LogP contribution in [0.15, 0.2) is 48.8 Å². The highest BCUT2D eigenvalue weighted by Gasteiger charge is 2.17. The molecule has 2 aromatic carbocycles. The summed E-state index contributed by atoms with van der Waals surface area (Å²) in [6, 6.07) is 9.60. The molecule has 160 valence electrons. The maximum absolute atomic E-state index is 13.9. The van der Waals surface area contributed by atoms with Crippen molar-refractivity contribution in [3.05, 3.63) is 82.3 Å². The van der Waals surface area contributed by atoms with Gasteiger partial charge in [-0.3, -0.25) is 0 Å². The van der Waals surface area contributed by atoms with Crippen LogP contribution in [0.1, 0.15) is 36.2 Å². The van der Waals surface area contributed by atoms with Crippen molar-refractivity contribution in [1.29, 1.82) is 0 Å². The van der Waals surface area contributed by atoms with Crippen molar-refractivity contribution >= 4 is 22.5 Å². The summed E-state index contributed by atoms with van der Waals surface area (Å²) in [6.07, 6.45) is 3.08. The molecule has 0 aliphatic heterocycles. The van der Waals surface area contributed by atoms with Crippen LogP contribution in [0.4, 0.5) is 8.78 Å². The molecule has 2 N–H and O–H groups in total. The standard InChI is InChI=1S/C23H21ClF2N4O/c1-3-20(27)17-8-14(25)9-19(24)18(17)12-31-22-6-4-5-16-21(7-13(2)29-23(16)22)30-11-15(26)10-28-30/h4-11,20H,3,12,27H2,1-2H3/t20-/m0/s1. The van der Waals surface area contributed by atoms with E-state index in [9.17, 15) is 8.78 Å². The van der Waals surface area contributed by atoms with Gasteiger partial charge in [0.25, 0.3) is 0 Å². The van der Waals surface area contributed by atoms with Crippen LogP contribution in [0.25, 0.3) is 16.6 Å². The first-order chi connectivity index (χ1) is 14.9. The molecule has 0 radical (unpaired) electrons. The second kappa shape index (κ2) is 8.61. The number of nitrogens with zero attached hydrogens (tertiary/aromatic N) is 3. The van der Waals surface area contributed by atoms with Gasteiger partial charge in [-0.1, -0.05) is 30.7 Å². The Morgan fingerprint density at radius 2 is 2.00 bits per heavy atom. The number of aromatic nitrogens is 3. The smallest absolute Gasteiger partial charge is 0.161 e. The van der Waals surface area contributed by atoms with E-state index in [-0.39, 0.29) is 17.7 Å². The van der Waals surface area contributed by atoms with E-state index in [2.05, 4.69) is 10.1 Å². The van der Waals surface area contributed by atoms with Gasteiger partial charge in [0.1, 0.15) is 23.7 Å². The molecule has 0 saturated carbocycles. The predicted octanol–water partition coefficient (Wildman–Crippen LogP) is 5.65. The molecule has 2 aromatic heterocycles. The Balaban J connectivity index is 1.75. The molecule has 4 rings (SSSR count). The van der Waals surface area contributed by atoms with Crippen LogP contribution < -0.4 is 10.5 Å². The van der Waals surface area contributed by atoms with Gasteiger partial charge < -0.3 is 10.5 Å². The summed E-state index contributed by atoms with van der Waals surface area (Å²) in [5, 5.41) is 5.08. The van der Waals surface area contributed by atoms with Crippen molar-refractivity contribution in [2.24, 2.45) is 5.73 Å². The van der Waals surface area contributed by atoms with E-state index in [1.165, 1.54) is 23.0 Å². The summed E-state index contributed by atoms with van der Waals surface area (Å²) < 4.78 is 35.0. The number of para-hydroxylation sites is 1. The van der Waals surface area contributed by atoms with Crippen LogP contribution >= 0.6 is 11.6 Å². The van der Waals surface area contributed by atoms with Gasteiger partial charge in [-0.05, 0) is 43.2 Å². The Bertz CT molecular complexity index is 1260. The molecule has 0 bridgehead atoms. The number of rotatable bonds is 6. The monoisotopic (exact) mass is 442 g/mol. The molecule has 0 unspecified atom stereocenters. The topological polar surface area (TPSA) is 66.0 Å². The second-order valence-corrected chi connectivity index (χ2v) is 7.70. The molecular weight excluding hydrogens is 422 g/mol. The molecule has 0 spiro atoms. The Morgan fingerprint density at radius 1 is 1.19 bits per heavy atom. The minimum absolute atomic E-state index is 0.0998. The normalized spacial score (nSPS) is 12.3. The lowest BCUT2D eigenvalue weighted by Crippen LogP contribution is -2.14. The van der Waals surface area contributed by atoms with E-state index in [1.807, 2.05) is 32.0 Å². The van der Waals surface area contributed by atoms with Gasteiger partial charge in [0.05, 0.1) is 23.1 Å². The largest absolute Gasteiger partial charge is 0.487 e. The highest BCUT2D eigenvalue weighted by atomic mass is 35.5. The molecule has 8 heteroatoms. The fraction of sp³-hybridized carbons (Fsp3) is 0.217. The molecule has 5 nitrogen and oxygen atoms in total. The zero-order valence-electron chi connectivity index (χ0n) is 17.1. The number of nitrogens with two attached hydrogens (primary N) is 1. The van der Waals surface area contributed by atoms with Crippen LogP contribution in [-0.2, 0) is 6.61 Å².